The molecule has 4 N–H and O–H groups in total. The molecule has 0 bridgehead atoms. The molecule has 2 rings (SSSR count). The molecule has 132 valence electrons. The number of benzene rings is 1. The molecule has 2 atom stereocenters. The molecule has 1 aliphatic carbocycles. The molecule has 2 amide bonds. The molecule has 5 heteroatoms. The van der Waals surface area contributed by atoms with Gasteiger partial charge in [-0.25, -0.2) is 0 Å². The van der Waals surface area contributed by atoms with E-state index >= 15 is 0 Å². The molecule has 0 aromatic heterocycles. The van der Waals surface area contributed by atoms with Crippen LogP contribution >= 0.6 is 0 Å². The van der Waals surface area contributed by atoms with Crippen molar-refractivity contribution in [1.82, 2.24) is 5.32 Å². The van der Waals surface area contributed by atoms with Crippen LogP contribution in [-0.2, 0) is 16.1 Å². The highest BCUT2D eigenvalue weighted by atomic mass is 16.2. The minimum absolute atomic E-state index is 0.104. The second-order valence-corrected chi connectivity index (χ2v) is 6.80. The lowest BCUT2D eigenvalue weighted by Gasteiger charge is -2.18. The molecule has 1 fully saturated rings. The van der Waals surface area contributed by atoms with E-state index < -0.39 is 6.04 Å². The van der Waals surface area contributed by atoms with Gasteiger partial charge in [-0.2, -0.15) is 0 Å². The minimum atomic E-state index is -0.486. The van der Waals surface area contributed by atoms with E-state index in [1.54, 1.807) is 0 Å². The lowest BCUT2D eigenvalue weighted by molar-refractivity contribution is -0.123. The number of amides is 2. The van der Waals surface area contributed by atoms with Crippen molar-refractivity contribution in [3.8, 4) is 0 Å². The number of anilines is 1. The van der Waals surface area contributed by atoms with Gasteiger partial charge in [-0.1, -0.05) is 45.2 Å². The predicted molar refractivity (Wildman–Crippen MR) is 96.3 cm³/mol. The molecule has 1 aliphatic rings. The van der Waals surface area contributed by atoms with E-state index in [-0.39, 0.29) is 23.7 Å². The van der Waals surface area contributed by atoms with E-state index in [0.717, 1.165) is 43.4 Å². The first-order chi connectivity index (χ1) is 11.5. The molecular formula is C19H29N3O2. The summed E-state index contributed by atoms with van der Waals surface area (Å²) in [6.07, 6.45) is 5.11. The third-order valence-electron chi connectivity index (χ3n) is 4.95. The average molecular weight is 331 g/mol. The van der Waals surface area contributed by atoms with E-state index in [1.807, 2.05) is 38.1 Å². The van der Waals surface area contributed by atoms with Gasteiger partial charge in [0, 0.05) is 18.2 Å². The van der Waals surface area contributed by atoms with Crippen molar-refractivity contribution >= 4 is 17.5 Å². The first kappa shape index (κ1) is 18.5. The number of carbonyl (C=O) groups excluding carboxylic acids is 2. The van der Waals surface area contributed by atoms with Gasteiger partial charge in [-0.05, 0) is 36.5 Å². The molecule has 0 aliphatic heterocycles. The van der Waals surface area contributed by atoms with Gasteiger partial charge in [0.2, 0.25) is 11.8 Å². The van der Waals surface area contributed by atoms with Gasteiger partial charge in [-0.15, -0.1) is 0 Å². The SMILES string of the molecule is CCC(C)C(N)C(=O)NCc1cccc(NC(=O)C2CCCC2)c1. The molecule has 1 aromatic carbocycles. The zero-order valence-corrected chi connectivity index (χ0v) is 14.7. The number of hydrogen-bond acceptors (Lipinski definition) is 3. The molecule has 2 unspecified atom stereocenters. The minimum Gasteiger partial charge on any atom is -0.351 e. The van der Waals surface area contributed by atoms with Gasteiger partial charge < -0.3 is 16.4 Å². The lowest BCUT2D eigenvalue weighted by atomic mass is 9.99. The van der Waals surface area contributed by atoms with E-state index in [2.05, 4.69) is 10.6 Å². The lowest BCUT2D eigenvalue weighted by Crippen LogP contribution is -2.44. The molecule has 1 aromatic rings. The van der Waals surface area contributed by atoms with Crippen molar-refractivity contribution in [2.75, 3.05) is 5.32 Å². The fourth-order valence-corrected chi connectivity index (χ4v) is 3.01. The third kappa shape index (κ3) is 5.06. The maximum Gasteiger partial charge on any atom is 0.237 e. The molecule has 0 saturated heterocycles. The van der Waals surface area contributed by atoms with E-state index in [4.69, 9.17) is 5.73 Å². The molecule has 0 radical (unpaired) electrons. The monoisotopic (exact) mass is 331 g/mol. The van der Waals surface area contributed by atoms with Gasteiger partial charge in [-0.3, -0.25) is 9.59 Å². The Labute approximate surface area is 144 Å². The molecule has 1 saturated carbocycles. The summed E-state index contributed by atoms with van der Waals surface area (Å²) < 4.78 is 0. The Bertz CT molecular complexity index is 567. The number of hydrogen-bond donors (Lipinski definition) is 3. The Kier molecular flexibility index (Phi) is 6.79. The van der Waals surface area contributed by atoms with Crippen LogP contribution in [-0.4, -0.2) is 17.9 Å². The normalized spacial score (nSPS) is 17.3. The zero-order valence-electron chi connectivity index (χ0n) is 14.7. The largest absolute Gasteiger partial charge is 0.351 e. The quantitative estimate of drug-likeness (QED) is 0.718. The average Bonchev–Trinajstić information content (AvgIpc) is 3.13. The smallest absolute Gasteiger partial charge is 0.237 e. The molecule has 0 spiro atoms. The van der Waals surface area contributed by atoms with Crippen molar-refractivity contribution in [1.29, 1.82) is 0 Å². The van der Waals surface area contributed by atoms with Gasteiger partial charge in [0.05, 0.1) is 6.04 Å². The number of carbonyl (C=O) groups is 2. The summed E-state index contributed by atoms with van der Waals surface area (Å²) >= 11 is 0. The van der Waals surface area contributed by atoms with Crippen LogP contribution in [0, 0.1) is 11.8 Å². The summed E-state index contributed by atoms with van der Waals surface area (Å²) in [6.45, 7) is 4.41. The van der Waals surface area contributed by atoms with Gasteiger partial charge >= 0.3 is 0 Å². The Hall–Kier alpha value is -1.88. The summed E-state index contributed by atoms with van der Waals surface area (Å²) in [5, 5.41) is 5.86. The van der Waals surface area contributed by atoms with Crippen LogP contribution in [0.4, 0.5) is 5.69 Å². The van der Waals surface area contributed by atoms with Crippen LogP contribution in [0.1, 0.15) is 51.5 Å². The molecular weight excluding hydrogens is 302 g/mol. The van der Waals surface area contributed by atoms with E-state index in [1.165, 1.54) is 0 Å². The Morgan fingerprint density at radius 1 is 1.29 bits per heavy atom. The highest BCUT2D eigenvalue weighted by Gasteiger charge is 2.22. The Morgan fingerprint density at radius 3 is 2.67 bits per heavy atom. The van der Waals surface area contributed by atoms with Crippen molar-refractivity contribution < 1.29 is 9.59 Å². The van der Waals surface area contributed by atoms with Crippen molar-refractivity contribution in [3.05, 3.63) is 29.8 Å². The van der Waals surface area contributed by atoms with E-state index in [9.17, 15) is 9.59 Å². The van der Waals surface area contributed by atoms with Crippen LogP contribution in [0.25, 0.3) is 0 Å². The van der Waals surface area contributed by atoms with Crippen LogP contribution in [0.3, 0.4) is 0 Å². The first-order valence-corrected chi connectivity index (χ1v) is 8.94. The number of rotatable bonds is 7. The number of nitrogens with two attached hydrogens (primary N) is 1. The van der Waals surface area contributed by atoms with Crippen molar-refractivity contribution in [2.45, 2.75) is 58.5 Å². The summed E-state index contributed by atoms with van der Waals surface area (Å²) in [5.41, 5.74) is 7.66. The fourth-order valence-electron chi connectivity index (χ4n) is 3.01. The summed E-state index contributed by atoms with van der Waals surface area (Å²) in [7, 11) is 0. The van der Waals surface area contributed by atoms with Gasteiger partial charge in [0.1, 0.15) is 0 Å². The Balaban J connectivity index is 1.88. The highest BCUT2D eigenvalue weighted by molar-refractivity contribution is 5.92. The zero-order chi connectivity index (χ0) is 17.5. The van der Waals surface area contributed by atoms with E-state index in [0.29, 0.717) is 6.54 Å². The van der Waals surface area contributed by atoms with Crippen LogP contribution in [0.2, 0.25) is 0 Å². The molecule has 0 heterocycles. The van der Waals surface area contributed by atoms with Crippen LogP contribution < -0.4 is 16.4 Å². The maximum absolute atomic E-state index is 12.2. The second kappa shape index (κ2) is 8.83. The Morgan fingerprint density at radius 2 is 2.00 bits per heavy atom. The third-order valence-corrected chi connectivity index (χ3v) is 4.95. The fraction of sp³-hybridized carbons (Fsp3) is 0.579. The first-order valence-electron chi connectivity index (χ1n) is 8.94. The van der Waals surface area contributed by atoms with Crippen molar-refractivity contribution in [3.63, 3.8) is 0 Å². The summed E-state index contributed by atoms with van der Waals surface area (Å²) in [6, 6.07) is 7.12. The van der Waals surface area contributed by atoms with Gasteiger partial charge in [0.15, 0.2) is 0 Å². The predicted octanol–water partition coefficient (Wildman–Crippen LogP) is 2.80. The number of nitrogens with one attached hydrogen (secondary N) is 2. The molecule has 5 nitrogen and oxygen atoms in total. The summed E-state index contributed by atoms with van der Waals surface area (Å²) in [4.78, 5) is 24.2. The highest BCUT2D eigenvalue weighted by Crippen LogP contribution is 2.26. The van der Waals surface area contributed by atoms with Crippen LogP contribution in [0.5, 0.6) is 0 Å². The standard InChI is InChI=1S/C19H29N3O2/c1-3-13(2)17(20)19(24)21-12-14-7-6-10-16(11-14)22-18(23)15-8-4-5-9-15/h6-7,10-11,13,15,17H,3-5,8-9,12,20H2,1-2H3,(H,21,24)(H,22,23). The second-order valence-electron chi connectivity index (χ2n) is 6.80. The van der Waals surface area contributed by atoms with Crippen LogP contribution in [0.15, 0.2) is 24.3 Å². The van der Waals surface area contributed by atoms with Gasteiger partial charge in [0.25, 0.3) is 0 Å². The molecule has 24 heavy (non-hydrogen) atoms. The van der Waals surface area contributed by atoms with Crippen molar-refractivity contribution in [2.24, 2.45) is 17.6 Å². The maximum atomic E-state index is 12.2. The topological polar surface area (TPSA) is 84.2 Å². The summed E-state index contributed by atoms with van der Waals surface area (Å²) in [5.74, 6) is 0.265.